The van der Waals surface area contributed by atoms with E-state index < -0.39 is 36.6 Å². The normalized spacial score (nSPS) is 16.8. The lowest BCUT2D eigenvalue weighted by Gasteiger charge is -2.21. The van der Waals surface area contributed by atoms with Crippen molar-refractivity contribution in [2.75, 3.05) is 13.2 Å². The van der Waals surface area contributed by atoms with Crippen molar-refractivity contribution >= 4 is 17.6 Å². The molecule has 0 bridgehead atoms. The van der Waals surface area contributed by atoms with Gasteiger partial charge in [-0.2, -0.15) is 0 Å². The predicted octanol–water partition coefficient (Wildman–Crippen LogP) is 1.67. The monoisotopic (exact) mass is 438 g/mol. The average Bonchev–Trinajstić information content (AvgIpc) is 3.62. The van der Waals surface area contributed by atoms with Crippen molar-refractivity contribution in [3.8, 4) is 0 Å². The number of ether oxygens (including phenoxy) is 1. The molecule has 1 heterocycles. The van der Waals surface area contributed by atoms with Crippen molar-refractivity contribution in [3.05, 3.63) is 71.3 Å². The lowest BCUT2D eigenvalue weighted by Crippen LogP contribution is -2.54. The van der Waals surface area contributed by atoms with Crippen LogP contribution in [0.15, 0.2) is 54.6 Å². The quantitative estimate of drug-likeness (QED) is 0.463. The van der Waals surface area contributed by atoms with Gasteiger partial charge in [-0.25, -0.2) is 0 Å². The molecule has 1 aliphatic rings. The van der Waals surface area contributed by atoms with Crippen LogP contribution in [0.4, 0.5) is 0 Å². The molecule has 3 N–H and O–H groups in total. The summed E-state index contributed by atoms with van der Waals surface area (Å²) in [7, 11) is 0. The summed E-state index contributed by atoms with van der Waals surface area (Å²) in [4.78, 5) is 38.2. The zero-order valence-electron chi connectivity index (χ0n) is 18.4. The summed E-state index contributed by atoms with van der Waals surface area (Å²) in [6, 6.07) is 14.5. The van der Waals surface area contributed by atoms with Crippen molar-refractivity contribution in [2.24, 2.45) is 5.92 Å². The first-order valence-corrected chi connectivity index (χ1v) is 10.9. The van der Waals surface area contributed by atoms with Gasteiger partial charge < -0.3 is 20.5 Å². The van der Waals surface area contributed by atoms with E-state index in [4.69, 9.17) is 4.74 Å². The Labute approximate surface area is 188 Å². The number of epoxide rings is 1. The van der Waals surface area contributed by atoms with Gasteiger partial charge in [0, 0.05) is 5.56 Å². The van der Waals surface area contributed by atoms with Crippen molar-refractivity contribution in [1.82, 2.24) is 10.6 Å². The van der Waals surface area contributed by atoms with E-state index in [-0.39, 0.29) is 5.78 Å². The first kappa shape index (κ1) is 23.6. The highest BCUT2D eigenvalue weighted by Gasteiger charge is 2.38. The number of nitrogens with one attached hydrogen (secondary N) is 2. The molecule has 170 valence electrons. The number of ketones is 1. The Morgan fingerprint density at radius 3 is 2.28 bits per heavy atom. The van der Waals surface area contributed by atoms with E-state index in [1.807, 2.05) is 36.4 Å². The van der Waals surface area contributed by atoms with E-state index in [9.17, 15) is 19.5 Å². The van der Waals surface area contributed by atoms with Crippen LogP contribution >= 0.6 is 0 Å². The number of amides is 2. The van der Waals surface area contributed by atoms with Crippen LogP contribution in [0.2, 0.25) is 0 Å². The third-order valence-corrected chi connectivity index (χ3v) is 5.23. The summed E-state index contributed by atoms with van der Waals surface area (Å²) in [6.45, 7) is 3.94. The molecule has 2 aromatic rings. The molecule has 7 heteroatoms. The second-order valence-electron chi connectivity index (χ2n) is 8.48. The maximum absolute atomic E-state index is 12.8. The summed E-state index contributed by atoms with van der Waals surface area (Å²) in [6.07, 6.45) is 0.612. The average molecular weight is 439 g/mol. The van der Waals surface area contributed by atoms with Gasteiger partial charge in [-0.15, -0.1) is 0 Å². The highest BCUT2D eigenvalue weighted by molar-refractivity contribution is 5.99. The molecule has 0 aromatic heterocycles. The second kappa shape index (κ2) is 11.0. The first-order chi connectivity index (χ1) is 15.4. The summed E-state index contributed by atoms with van der Waals surface area (Å²) in [5, 5.41) is 15.0. The third-order valence-electron chi connectivity index (χ3n) is 5.23. The van der Waals surface area contributed by atoms with Gasteiger partial charge in [0.2, 0.25) is 5.91 Å². The second-order valence-corrected chi connectivity index (χ2v) is 8.48. The lowest BCUT2D eigenvalue weighted by atomic mass is 10.00. The fourth-order valence-electron chi connectivity index (χ4n) is 3.53. The lowest BCUT2D eigenvalue weighted by molar-refractivity contribution is -0.130. The molecule has 1 saturated heterocycles. The van der Waals surface area contributed by atoms with Crippen LogP contribution in [0.3, 0.4) is 0 Å². The van der Waals surface area contributed by atoms with E-state index in [0.29, 0.717) is 24.5 Å². The molecule has 3 atom stereocenters. The Morgan fingerprint density at radius 2 is 1.66 bits per heavy atom. The minimum absolute atomic E-state index is 0.216. The number of rotatable bonds is 11. The minimum atomic E-state index is -1.18. The van der Waals surface area contributed by atoms with Crippen molar-refractivity contribution in [1.29, 1.82) is 0 Å². The van der Waals surface area contributed by atoms with Crippen LogP contribution in [-0.4, -0.2) is 54.1 Å². The fraction of sp³-hybridized carbons (Fsp3) is 0.400. The Hall–Kier alpha value is -3.03. The molecule has 2 unspecified atom stereocenters. The van der Waals surface area contributed by atoms with E-state index in [0.717, 1.165) is 17.5 Å². The molecule has 2 aromatic carbocycles. The number of aliphatic hydroxyl groups is 1. The SMILES string of the molecule is CC(C)Cc1cccc(C(=O)N[C@@H](CO)C(=O)NC(Cc2ccccc2)C(=O)C2CO2)c1. The molecule has 1 fully saturated rings. The Morgan fingerprint density at radius 1 is 0.969 bits per heavy atom. The molecule has 0 aliphatic carbocycles. The Balaban J connectivity index is 1.66. The highest BCUT2D eigenvalue weighted by atomic mass is 16.6. The van der Waals surface area contributed by atoms with Crippen LogP contribution in [0.5, 0.6) is 0 Å². The molecular formula is C25H30N2O5. The van der Waals surface area contributed by atoms with Gasteiger partial charge in [-0.1, -0.05) is 56.3 Å². The Bertz CT molecular complexity index is 940. The van der Waals surface area contributed by atoms with Gasteiger partial charge in [0.15, 0.2) is 5.78 Å². The van der Waals surface area contributed by atoms with Crippen molar-refractivity contribution < 1.29 is 24.2 Å². The molecule has 7 nitrogen and oxygen atoms in total. The van der Waals surface area contributed by atoms with Gasteiger partial charge >= 0.3 is 0 Å². The first-order valence-electron chi connectivity index (χ1n) is 10.9. The maximum Gasteiger partial charge on any atom is 0.252 e. The third kappa shape index (κ3) is 6.73. The predicted molar refractivity (Wildman–Crippen MR) is 120 cm³/mol. The molecule has 32 heavy (non-hydrogen) atoms. The van der Waals surface area contributed by atoms with Gasteiger partial charge in [0.1, 0.15) is 12.1 Å². The molecular weight excluding hydrogens is 408 g/mol. The summed E-state index contributed by atoms with van der Waals surface area (Å²) >= 11 is 0. The van der Waals surface area contributed by atoms with Crippen LogP contribution < -0.4 is 10.6 Å². The largest absolute Gasteiger partial charge is 0.394 e. The molecule has 0 spiro atoms. The zero-order valence-corrected chi connectivity index (χ0v) is 18.4. The van der Waals surface area contributed by atoms with Crippen molar-refractivity contribution in [3.63, 3.8) is 0 Å². The highest BCUT2D eigenvalue weighted by Crippen LogP contribution is 2.15. The number of Topliss-reactive ketones (excluding diaryl/α,β-unsaturated/α-hetero) is 1. The maximum atomic E-state index is 12.8. The number of hydrogen-bond donors (Lipinski definition) is 3. The van der Waals surface area contributed by atoms with Gasteiger partial charge in [0.25, 0.3) is 5.91 Å². The number of hydrogen-bond acceptors (Lipinski definition) is 5. The summed E-state index contributed by atoms with van der Waals surface area (Å²) < 4.78 is 5.10. The van der Waals surface area contributed by atoms with Crippen LogP contribution in [0.1, 0.15) is 35.3 Å². The van der Waals surface area contributed by atoms with E-state index >= 15 is 0 Å². The molecule has 1 aliphatic heterocycles. The van der Waals surface area contributed by atoms with E-state index in [1.165, 1.54) is 0 Å². The molecule has 0 radical (unpaired) electrons. The number of carbonyl (C=O) groups excluding carboxylic acids is 3. The molecule has 2 amide bonds. The molecule has 0 saturated carbocycles. The minimum Gasteiger partial charge on any atom is -0.394 e. The van der Waals surface area contributed by atoms with Gasteiger partial charge in [-0.3, -0.25) is 14.4 Å². The zero-order chi connectivity index (χ0) is 23.1. The van der Waals surface area contributed by atoms with Crippen LogP contribution in [0.25, 0.3) is 0 Å². The number of carbonyl (C=O) groups is 3. The van der Waals surface area contributed by atoms with E-state index in [1.54, 1.807) is 18.2 Å². The van der Waals surface area contributed by atoms with Crippen LogP contribution in [0, 0.1) is 5.92 Å². The van der Waals surface area contributed by atoms with Crippen molar-refractivity contribution in [2.45, 2.75) is 44.9 Å². The summed E-state index contributed by atoms with van der Waals surface area (Å²) in [5.74, 6) is -0.846. The van der Waals surface area contributed by atoms with Crippen LogP contribution in [-0.2, 0) is 27.2 Å². The van der Waals surface area contributed by atoms with Gasteiger partial charge in [-0.05, 0) is 42.0 Å². The standard InChI is InChI=1S/C25H30N2O5/c1-16(2)11-18-9-6-10-19(12-18)24(30)27-21(14-28)25(31)26-20(23(29)22-15-32-22)13-17-7-4-3-5-8-17/h3-10,12,16,20-22,28H,11,13-15H2,1-2H3,(H,26,31)(H,27,30)/t20?,21-,22?/m0/s1. The fourth-order valence-corrected chi connectivity index (χ4v) is 3.53. The number of benzene rings is 2. The number of aliphatic hydroxyl groups excluding tert-OH is 1. The Kier molecular flexibility index (Phi) is 8.14. The van der Waals surface area contributed by atoms with Gasteiger partial charge in [0.05, 0.1) is 19.3 Å². The molecule has 3 rings (SSSR count). The summed E-state index contributed by atoms with van der Waals surface area (Å²) in [5.41, 5.74) is 2.33. The smallest absolute Gasteiger partial charge is 0.252 e. The topological polar surface area (TPSA) is 108 Å². The van der Waals surface area contributed by atoms with E-state index in [2.05, 4.69) is 24.5 Å².